The zero-order chi connectivity index (χ0) is 18.8. The van der Waals surface area contributed by atoms with E-state index in [9.17, 15) is 14.4 Å². The number of carbonyl (C=O) groups excluding carboxylic acids is 2. The molecule has 26 heavy (non-hydrogen) atoms. The number of fused-ring (bicyclic) bond motifs is 1. The molecule has 0 atom stereocenters. The Morgan fingerprint density at radius 2 is 1.81 bits per heavy atom. The summed E-state index contributed by atoms with van der Waals surface area (Å²) in [7, 11) is 0. The van der Waals surface area contributed by atoms with Crippen molar-refractivity contribution < 1.29 is 9.59 Å². The number of nitrogens with one attached hydrogen (secondary N) is 2. The average Bonchev–Trinajstić information content (AvgIpc) is 2.61. The molecular formula is C20H25N3O3. The minimum absolute atomic E-state index is 0.0483. The maximum Gasteiger partial charge on any atom is 0.253 e. The molecule has 2 aromatic rings. The van der Waals surface area contributed by atoms with Gasteiger partial charge in [-0.2, -0.15) is 0 Å². The molecule has 1 aliphatic rings. The summed E-state index contributed by atoms with van der Waals surface area (Å²) in [5.41, 5.74) is 3.48. The largest absolute Gasteiger partial charge is 0.352 e. The number of aromatic amines is 1. The Labute approximate surface area is 152 Å². The van der Waals surface area contributed by atoms with E-state index < -0.39 is 0 Å². The lowest BCUT2D eigenvalue weighted by Crippen LogP contribution is -2.42. The van der Waals surface area contributed by atoms with Gasteiger partial charge in [0, 0.05) is 43.6 Å². The number of H-pyrrole nitrogens is 1. The molecule has 0 saturated carbocycles. The summed E-state index contributed by atoms with van der Waals surface area (Å²) in [6.07, 6.45) is 1.33. The number of pyridine rings is 1. The van der Waals surface area contributed by atoms with Crippen LogP contribution in [0, 0.1) is 19.8 Å². The zero-order valence-electron chi connectivity index (χ0n) is 15.5. The number of benzene rings is 1. The number of carbonyl (C=O) groups is 2. The van der Waals surface area contributed by atoms with Crippen LogP contribution in [0.25, 0.3) is 10.9 Å². The van der Waals surface area contributed by atoms with Gasteiger partial charge < -0.3 is 15.2 Å². The van der Waals surface area contributed by atoms with E-state index in [1.165, 1.54) is 0 Å². The molecule has 138 valence electrons. The van der Waals surface area contributed by atoms with Crippen LogP contribution in [-0.4, -0.2) is 34.8 Å². The minimum Gasteiger partial charge on any atom is -0.352 e. The normalized spacial score (nSPS) is 15.3. The first-order valence-electron chi connectivity index (χ1n) is 9.01. The monoisotopic (exact) mass is 355 g/mol. The summed E-state index contributed by atoms with van der Waals surface area (Å²) in [6, 6.07) is 5.86. The molecule has 3 rings (SSSR count). The fraction of sp³-hybridized carbons (Fsp3) is 0.450. The number of nitrogens with zero attached hydrogens (tertiary/aromatic N) is 1. The summed E-state index contributed by atoms with van der Waals surface area (Å²) < 4.78 is 0. The summed E-state index contributed by atoms with van der Waals surface area (Å²) >= 11 is 0. The van der Waals surface area contributed by atoms with Crippen molar-refractivity contribution in [3.05, 3.63) is 45.2 Å². The number of amides is 2. The molecule has 0 bridgehead atoms. The number of aryl methyl sites for hydroxylation is 2. The highest BCUT2D eigenvalue weighted by atomic mass is 16.2. The van der Waals surface area contributed by atoms with Crippen molar-refractivity contribution >= 4 is 22.7 Å². The Morgan fingerprint density at radius 1 is 1.15 bits per heavy atom. The first-order chi connectivity index (χ1) is 12.3. The van der Waals surface area contributed by atoms with Crippen LogP contribution in [0.5, 0.6) is 0 Å². The molecule has 1 aromatic heterocycles. The predicted molar refractivity (Wildman–Crippen MR) is 101 cm³/mol. The second-order valence-electron chi connectivity index (χ2n) is 7.15. The molecule has 6 nitrogen and oxygen atoms in total. The van der Waals surface area contributed by atoms with Crippen LogP contribution < -0.4 is 10.9 Å². The number of hydrogen-bond acceptors (Lipinski definition) is 3. The van der Waals surface area contributed by atoms with Gasteiger partial charge in [-0.3, -0.25) is 14.4 Å². The van der Waals surface area contributed by atoms with Crippen molar-refractivity contribution in [2.24, 2.45) is 5.92 Å². The second kappa shape index (κ2) is 7.32. The average molecular weight is 355 g/mol. The number of likely N-dealkylation sites (tertiary alicyclic amines) is 1. The fourth-order valence-electron chi connectivity index (χ4n) is 3.44. The number of hydrogen-bond donors (Lipinski definition) is 2. The third-order valence-corrected chi connectivity index (χ3v) is 5.30. The van der Waals surface area contributed by atoms with E-state index in [0.717, 1.165) is 22.0 Å². The molecule has 1 aromatic carbocycles. The van der Waals surface area contributed by atoms with E-state index in [-0.39, 0.29) is 29.8 Å². The van der Waals surface area contributed by atoms with Gasteiger partial charge in [0.25, 0.3) is 5.56 Å². The van der Waals surface area contributed by atoms with E-state index in [1.807, 2.05) is 32.0 Å². The van der Waals surface area contributed by atoms with Gasteiger partial charge in [0.1, 0.15) is 0 Å². The van der Waals surface area contributed by atoms with Gasteiger partial charge in [-0.1, -0.05) is 0 Å². The molecule has 1 aliphatic heterocycles. The summed E-state index contributed by atoms with van der Waals surface area (Å²) in [6.45, 7) is 7.04. The maximum absolute atomic E-state index is 12.4. The minimum atomic E-state index is -0.174. The third-order valence-electron chi connectivity index (χ3n) is 5.30. The predicted octanol–water partition coefficient (Wildman–Crippen LogP) is 2.02. The highest BCUT2D eigenvalue weighted by molar-refractivity contribution is 5.82. The topological polar surface area (TPSA) is 82.3 Å². The molecule has 0 spiro atoms. The van der Waals surface area contributed by atoms with Crippen molar-refractivity contribution in [1.29, 1.82) is 0 Å². The van der Waals surface area contributed by atoms with Gasteiger partial charge in [0.2, 0.25) is 11.8 Å². The smallest absolute Gasteiger partial charge is 0.253 e. The summed E-state index contributed by atoms with van der Waals surface area (Å²) in [4.78, 5) is 40.7. The first-order valence-corrected chi connectivity index (χ1v) is 9.01. The highest BCUT2D eigenvalue weighted by Gasteiger charge is 2.25. The van der Waals surface area contributed by atoms with Gasteiger partial charge in [-0.25, -0.2) is 0 Å². The molecule has 0 unspecified atom stereocenters. The molecule has 1 saturated heterocycles. The van der Waals surface area contributed by atoms with Crippen molar-refractivity contribution in [3.8, 4) is 0 Å². The molecule has 0 radical (unpaired) electrons. The number of piperidine rings is 1. The van der Waals surface area contributed by atoms with Crippen LogP contribution >= 0.6 is 0 Å². The van der Waals surface area contributed by atoms with Crippen LogP contribution in [0.1, 0.15) is 36.5 Å². The van der Waals surface area contributed by atoms with Gasteiger partial charge >= 0.3 is 0 Å². The molecular weight excluding hydrogens is 330 g/mol. The Bertz CT molecular complexity index is 908. The van der Waals surface area contributed by atoms with Gasteiger partial charge in [-0.15, -0.1) is 0 Å². The third kappa shape index (κ3) is 3.79. The molecule has 1 fully saturated rings. The van der Waals surface area contributed by atoms with Gasteiger partial charge in [-0.05, 0) is 61.4 Å². The first kappa shape index (κ1) is 18.2. The van der Waals surface area contributed by atoms with Crippen LogP contribution in [0.2, 0.25) is 0 Å². The quantitative estimate of drug-likeness (QED) is 0.884. The van der Waals surface area contributed by atoms with Gasteiger partial charge in [0.15, 0.2) is 0 Å². The fourth-order valence-corrected chi connectivity index (χ4v) is 3.44. The van der Waals surface area contributed by atoms with Gasteiger partial charge in [0.05, 0.1) is 0 Å². The Hall–Kier alpha value is -2.63. The SMILES string of the molecule is CC(=O)N1CCC(C(=O)NCc2cc3cc(C)c(C)cc3[nH]c2=O)CC1. The van der Waals surface area contributed by atoms with Crippen LogP contribution in [0.15, 0.2) is 23.0 Å². The lowest BCUT2D eigenvalue weighted by Gasteiger charge is -2.30. The summed E-state index contributed by atoms with van der Waals surface area (Å²) in [5, 5.41) is 3.85. The van der Waals surface area contributed by atoms with Crippen molar-refractivity contribution in [1.82, 2.24) is 15.2 Å². The van der Waals surface area contributed by atoms with Crippen molar-refractivity contribution in [2.45, 2.75) is 40.2 Å². The van der Waals surface area contributed by atoms with E-state index in [1.54, 1.807) is 11.8 Å². The van der Waals surface area contributed by atoms with Crippen LogP contribution in [0.3, 0.4) is 0 Å². The standard InChI is InChI=1S/C20H25N3O3/c1-12-8-16-10-17(20(26)22-18(16)9-13(12)2)11-21-19(25)15-4-6-23(7-5-15)14(3)24/h8-10,15H,4-7,11H2,1-3H3,(H,21,25)(H,22,26). The number of aromatic nitrogens is 1. The molecule has 0 aliphatic carbocycles. The molecule has 2 amide bonds. The zero-order valence-corrected chi connectivity index (χ0v) is 15.5. The molecule has 6 heteroatoms. The van der Waals surface area contributed by atoms with E-state index in [0.29, 0.717) is 31.5 Å². The van der Waals surface area contributed by atoms with Crippen molar-refractivity contribution in [2.75, 3.05) is 13.1 Å². The Morgan fingerprint density at radius 3 is 2.46 bits per heavy atom. The van der Waals surface area contributed by atoms with Crippen LogP contribution in [0.4, 0.5) is 0 Å². The number of rotatable bonds is 3. The Balaban J connectivity index is 1.67. The van der Waals surface area contributed by atoms with Crippen LogP contribution in [-0.2, 0) is 16.1 Å². The maximum atomic E-state index is 12.4. The molecule has 2 heterocycles. The lowest BCUT2D eigenvalue weighted by molar-refractivity contribution is -0.134. The van der Waals surface area contributed by atoms with E-state index in [2.05, 4.69) is 10.3 Å². The Kier molecular flexibility index (Phi) is 5.11. The lowest BCUT2D eigenvalue weighted by atomic mass is 9.96. The van der Waals surface area contributed by atoms with Crippen molar-refractivity contribution in [3.63, 3.8) is 0 Å². The second-order valence-corrected chi connectivity index (χ2v) is 7.15. The van der Waals surface area contributed by atoms with E-state index >= 15 is 0 Å². The van der Waals surface area contributed by atoms with E-state index in [4.69, 9.17) is 0 Å². The summed E-state index contributed by atoms with van der Waals surface area (Å²) in [5.74, 6) is -0.0973. The molecule has 2 N–H and O–H groups in total. The highest BCUT2D eigenvalue weighted by Crippen LogP contribution is 2.19.